The second-order valence-corrected chi connectivity index (χ2v) is 6.97. The van der Waals surface area contributed by atoms with E-state index in [9.17, 15) is 0 Å². The number of rotatable bonds is 7. The van der Waals surface area contributed by atoms with E-state index in [2.05, 4.69) is 40.7 Å². The van der Waals surface area contributed by atoms with Crippen molar-refractivity contribution >= 4 is 11.3 Å². The van der Waals surface area contributed by atoms with Gasteiger partial charge in [0, 0.05) is 23.8 Å². The minimum atomic E-state index is 0.910. The van der Waals surface area contributed by atoms with Crippen molar-refractivity contribution in [3.8, 4) is 5.69 Å². The highest BCUT2D eigenvalue weighted by Gasteiger charge is 2.06. The van der Waals surface area contributed by atoms with Crippen LogP contribution in [0.4, 0.5) is 0 Å². The van der Waals surface area contributed by atoms with Gasteiger partial charge in [-0.15, -0.1) is 11.3 Å². The summed E-state index contributed by atoms with van der Waals surface area (Å²) in [6, 6.07) is 10.3. The summed E-state index contributed by atoms with van der Waals surface area (Å²) >= 11 is 1.76. The lowest BCUT2D eigenvalue weighted by Gasteiger charge is -2.02. The third-order valence-corrected chi connectivity index (χ3v) is 4.70. The average molecular weight is 326 g/mol. The van der Waals surface area contributed by atoms with Gasteiger partial charge in [-0.25, -0.2) is 9.67 Å². The lowest BCUT2D eigenvalue weighted by molar-refractivity contribution is 0.653. The van der Waals surface area contributed by atoms with Crippen molar-refractivity contribution in [1.29, 1.82) is 0 Å². The third kappa shape index (κ3) is 4.27. The molecule has 0 atom stereocenters. The molecule has 0 saturated heterocycles. The van der Waals surface area contributed by atoms with Gasteiger partial charge >= 0.3 is 0 Å². The Balaban J connectivity index is 1.48. The van der Waals surface area contributed by atoms with Crippen LogP contribution in [-0.2, 0) is 13.0 Å². The molecule has 1 aromatic carbocycles. The highest BCUT2D eigenvalue weighted by molar-refractivity contribution is 7.11. The van der Waals surface area contributed by atoms with Crippen LogP contribution < -0.4 is 5.32 Å². The molecule has 5 heteroatoms. The number of aromatic nitrogens is 3. The molecule has 4 nitrogen and oxygen atoms in total. The number of thiazole rings is 1. The molecule has 3 aromatic rings. The van der Waals surface area contributed by atoms with Crippen molar-refractivity contribution in [2.24, 2.45) is 0 Å². The predicted molar refractivity (Wildman–Crippen MR) is 95.2 cm³/mol. The fourth-order valence-corrected chi connectivity index (χ4v) is 3.32. The Morgan fingerprint density at radius 2 is 2.00 bits per heavy atom. The lowest BCUT2D eigenvalue weighted by atomic mass is 10.1. The second kappa shape index (κ2) is 7.53. The Hall–Kier alpha value is -1.98. The van der Waals surface area contributed by atoms with Gasteiger partial charge in [0.25, 0.3) is 0 Å². The quantitative estimate of drug-likeness (QED) is 0.674. The van der Waals surface area contributed by atoms with E-state index >= 15 is 0 Å². The first-order valence-corrected chi connectivity index (χ1v) is 8.76. The van der Waals surface area contributed by atoms with Crippen LogP contribution in [0.1, 0.15) is 27.6 Å². The fourth-order valence-electron chi connectivity index (χ4n) is 2.56. The topological polar surface area (TPSA) is 42.7 Å². The molecule has 120 valence electrons. The Morgan fingerprint density at radius 3 is 2.74 bits per heavy atom. The Kier molecular flexibility index (Phi) is 5.20. The highest BCUT2D eigenvalue weighted by Crippen LogP contribution is 2.14. The molecule has 0 radical (unpaired) electrons. The third-order valence-electron chi connectivity index (χ3n) is 3.79. The first-order chi connectivity index (χ1) is 11.2. The molecular formula is C18H22N4S. The van der Waals surface area contributed by atoms with Gasteiger partial charge in [0.05, 0.1) is 16.4 Å². The van der Waals surface area contributed by atoms with Crippen molar-refractivity contribution in [1.82, 2.24) is 20.1 Å². The molecule has 0 aliphatic heterocycles. The highest BCUT2D eigenvalue weighted by atomic mass is 32.1. The summed E-state index contributed by atoms with van der Waals surface area (Å²) in [7, 11) is 0. The van der Waals surface area contributed by atoms with Gasteiger partial charge in [-0.2, -0.15) is 5.10 Å². The molecule has 0 fully saturated rings. The molecule has 0 aliphatic carbocycles. The molecule has 0 saturated carbocycles. The summed E-state index contributed by atoms with van der Waals surface area (Å²) in [5.41, 5.74) is 3.55. The first-order valence-electron chi connectivity index (χ1n) is 7.95. The van der Waals surface area contributed by atoms with Crippen molar-refractivity contribution < 1.29 is 0 Å². The largest absolute Gasteiger partial charge is 0.312 e. The number of para-hydroxylation sites is 1. The van der Waals surface area contributed by atoms with Gasteiger partial charge in [-0.3, -0.25) is 0 Å². The standard InChI is InChI=1S/C18H22N4S/c1-14-16(13-22(21-14)17-8-4-3-5-9-17)7-6-10-19-11-18-12-20-15(2)23-18/h3-5,8-9,12-13,19H,6-7,10-11H2,1-2H3. The molecule has 0 amide bonds. The van der Waals surface area contributed by atoms with Gasteiger partial charge in [0.2, 0.25) is 0 Å². The number of benzene rings is 1. The summed E-state index contributed by atoms with van der Waals surface area (Å²) in [5.74, 6) is 0. The SMILES string of the molecule is Cc1ncc(CNCCCc2cn(-c3ccccc3)nc2C)s1. The molecule has 0 spiro atoms. The van der Waals surface area contributed by atoms with Crippen molar-refractivity contribution in [2.45, 2.75) is 33.2 Å². The Labute approximate surface area is 141 Å². The van der Waals surface area contributed by atoms with E-state index in [-0.39, 0.29) is 0 Å². The van der Waals surface area contributed by atoms with Crippen LogP contribution in [-0.4, -0.2) is 21.3 Å². The summed E-state index contributed by atoms with van der Waals surface area (Å²) in [4.78, 5) is 5.58. The fraction of sp³-hybridized carbons (Fsp3) is 0.333. The second-order valence-electron chi connectivity index (χ2n) is 5.65. The number of hydrogen-bond donors (Lipinski definition) is 1. The monoisotopic (exact) mass is 326 g/mol. The summed E-state index contributed by atoms with van der Waals surface area (Å²) in [5, 5.41) is 9.24. The molecule has 3 rings (SSSR count). The Morgan fingerprint density at radius 1 is 1.17 bits per heavy atom. The minimum Gasteiger partial charge on any atom is -0.312 e. The zero-order valence-corrected chi connectivity index (χ0v) is 14.4. The first kappa shape index (κ1) is 15.9. The van der Waals surface area contributed by atoms with Crippen LogP contribution in [0.2, 0.25) is 0 Å². The molecule has 0 bridgehead atoms. The van der Waals surface area contributed by atoms with Crippen molar-refractivity contribution in [3.63, 3.8) is 0 Å². The van der Waals surface area contributed by atoms with Gasteiger partial charge in [0.15, 0.2) is 0 Å². The van der Waals surface area contributed by atoms with E-state index in [1.807, 2.05) is 36.0 Å². The zero-order chi connectivity index (χ0) is 16.1. The molecular weight excluding hydrogens is 304 g/mol. The van der Waals surface area contributed by atoms with E-state index < -0.39 is 0 Å². The summed E-state index contributed by atoms with van der Waals surface area (Å²) in [6.45, 7) is 6.05. The number of nitrogens with one attached hydrogen (secondary N) is 1. The molecule has 2 heterocycles. The maximum absolute atomic E-state index is 4.62. The van der Waals surface area contributed by atoms with Gasteiger partial charge in [0.1, 0.15) is 0 Å². The normalized spacial score (nSPS) is 11.0. The predicted octanol–water partition coefficient (Wildman–Crippen LogP) is 3.67. The van der Waals surface area contributed by atoms with Crippen molar-refractivity contribution in [3.05, 3.63) is 63.9 Å². The molecule has 1 N–H and O–H groups in total. The smallest absolute Gasteiger partial charge is 0.0897 e. The molecule has 0 aliphatic rings. The van der Waals surface area contributed by atoms with Crippen LogP contribution in [0.5, 0.6) is 0 Å². The van der Waals surface area contributed by atoms with Gasteiger partial charge in [-0.1, -0.05) is 18.2 Å². The van der Waals surface area contributed by atoms with Crippen LogP contribution in [0.25, 0.3) is 5.69 Å². The van der Waals surface area contributed by atoms with E-state index in [1.54, 1.807) is 11.3 Å². The van der Waals surface area contributed by atoms with Gasteiger partial charge < -0.3 is 5.32 Å². The molecule has 2 aromatic heterocycles. The van der Waals surface area contributed by atoms with E-state index in [1.165, 1.54) is 10.4 Å². The summed E-state index contributed by atoms with van der Waals surface area (Å²) < 4.78 is 1.97. The number of hydrogen-bond acceptors (Lipinski definition) is 4. The van der Waals surface area contributed by atoms with Crippen molar-refractivity contribution in [2.75, 3.05) is 6.54 Å². The zero-order valence-electron chi connectivity index (χ0n) is 13.6. The van der Waals surface area contributed by atoms with E-state index in [0.717, 1.165) is 42.3 Å². The Bertz CT molecular complexity index is 745. The maximum atomic E-state index is 4.62. The number of nitrogens with zero attached hydrogens (tertiary/aromatic N) is 3. The van der Waals surface area contributed by atoms with Gasteiger partial charge in [-0.05, 0) is 50.9 Å². The van der Waals surface area contributed by atoms with E-state index in [4.69, 9.17) is 0 Å². The van der Waals surface area contributed by atoms with Crippen LogP contribution >= 0.6 is 11.3 Å². The number of aryl methyl sites for hydroxylation is 3. The average Bonchev–Trinajstić information content (AvgIpc) is 3.14. The molecule has 0 unspecified atom stereocenters. The van der Waals surface area contributed by atoms with Crippen LogP contribution in [0, 0.1) is 13.8 Å². The van der Waals surface area contributed by atoms with Crippen LogP contribution in [0.15, 0.2) is 42.7 Å². The van der Waals surface area contributed by atoms with E-state index in [0.29, 0.717) is 0 Å². The maximum Gasteiger partial charge on any atom is 0.0897 e. The lowest BCUT2D eigenvalue weighted by Crippen LogP contribution is -2.14. The minimum absolute atomic E-state index is 0.910. The van der Waals surface area contributed by atoms with Crippen LogP contribution in [0.3, 0.4) is 0 Å². The summed E-state index contributed by atoms with van der Waals surface area (Å²) in [6.07, 6.45) is 6.27. The molecule has 23 heavy (non-hydrogen) atoms.